The molecule has 1 aliphatic heterocycles. The Morgan fingerprint density at radius 3 is 2.92 bits per heavy atom. The lowest BCUT2D eigenvalue weighted by atomic mass is 10.6. The monoisotopic (exact) mass is 201 g/mol. The molecule has 1 rings (SSSR count). The van der Waals surface area contributed by atoms with Crippen molar-refractivity contribution in [3.63, 3.8) is 0 Å². The molecule has 0 fully saturated rings. The summed E-state index contributed by atoms with van der Waals surface area (Å²) in [5, 5.41) is 4.07. The van der Waals surface area contributed by atoms with E-state index in [9.17, 15) is 0 Å². The second-order valence-corrected chi connectivity index (χ2v) is 5.16. The fraction of sp³-hybridized carbons (Fsp3) is 0.889. The lowest BCUT2D eigenvalue weighted by Gasteiger charge is -2.15. The molecular weight excluding hydrogens is 182 g/mol. The molecule has 13 heavy (non-hydrogen) atoms. The first-order valence-corrected chi connectivity index (χ1v) is 5.86. The molecular formula is C9H19N3S. The maximum absolute atomic E-state index is 4.36. The largest absolute Gasteiger partial charge is 0.355 e. The number of hydrogen-bond donors (Lipinski definition) is 1. The lowest BCUT2D eigenvalue weighted by molar-refractivity contribution is 0.537. The highest BCUT2D eigenvalue weighted by Crippen LogP contribution is 2.07. The van der Waals surface area contributed by atoms with Crippen LogP contribution in [0.2, 0.25) is 0 Å². The molecule has 1 N–H and O–H groups in total. The molecule has 0 aromatic carbocycles. The Labute approximate surface area is 85.0 Å². The second-order valence-electron chi connectivity index (χ2n) is 3.47. The summed E-state index contributed by atoms with van der Waals surface area (Å²) in [6.45, 7) is 7.47. The van der Waals surface area contributed by atoms with E-state index in [1.54, 1.807) is 0 Å². The van der Waals surface area contributed by atoms with Gasteiger partial charge in [-0.05, 0) is 5.25 Å². The van der Waals surface area contributed by atoms with E-state index in [1.165, 1.54) is 0 Å². The van der Waals surface area contributed by atoms with E-state index < -0.39 is 0 Å². The van der Waals surface area contributed by atoms with E-state index in [1.807, 2.05) is 11.8 Å². The average Bonchev–Trinajstić information content (AvgIpc) is 2.45. The Kier molecular flexibility index (Phi) is 4.42. The van der Waals surface area contributed by atoms with Gasteiger partial charge in [-0.15, -0.1) is 0 Å². The molecule has 4 heteroatoms. The van der Waals surface area contributed by atoms with E-state index in [4.69, 9.17) is 0 Å². The molecule has 0 aromatic rings. The van der Waals surface area contributed by atoms with E-state index >= 15 is 0 Å². The van der Waals surface area contributed by atoms with Crippen molar-refractivity contribution in [1.29, 1.82) is 0 Å². The third-order valence-electron chi connectivity index (χ3n) is 1.89. The normalized spacial score (nSPS) is 16.6. The number of guanidine groups is 1. The van der Waals surface area contributed by atoms with Gasteiger partial charge in [-0.3, -0.25) is 4.99 Å². The standard InChI is InChI=1S/C9H19N3S/c1-8(2)13-7-5-11-9-10-4-6-12(9)3/h8H,4-7H2,1-3H3,(H,10,11). The van der Waals surface area contributed by atoms with Crippen molar-refractivity contribution in [1.82, 2.24) is 10.2 Å². The van der Waals surface area contributed by atoms with Crippen LogP contribution in [0.25, 0.3) is 0 Å². The van der Waals surface area contributed by atoms with Crippen molar-refractivity contribution >= 4 is 17.7 Å². The molecule has 0 bridgehead atoms. The van der Waals surface area contributed by atoms with Gasteiger partial charge in [0.2, 0.25) is 0 Å². The highest BCUT2D eigenvalue weighted by Gasteiger charge is 2.10. The summed E-state index contributed by atoms with van der Waals surface area (Å²) in [5.41, 5.74) is 0. The van der Waals surface area contributed by atoms with Crippen LogP contribution in [-0.2, 0) is 0 Å². The van der Waals surface area contributed by atoms with Crippen LogP contribution in [-0.4, -0.2) is 48.5 Å². The minimum Gasteiger partial charge on any atom is -0.355 e. The van der Waals surface area contributed by atoms with Gasteiger partial charge >= 0.3 is 0 Å². The highest BCUT2D eigenvalue weighted by molar-refractivity contribution is 7.99. The molecule has 1 aliphatic rings. The Morgan fingerprint density at radius 2 is 2.38 bits per heavy atom. The molecule has 0 saturated heterocycles. The molecule has 0 spiro atoms. The zero-order valence-electron chi connectivity index (χ0n) is 8.71. The number of hydrogen-bond acceptors (Lipinski definition) is 4. The minimum atomic E-state index is 0.727. The van der Waals surface area contributed by atoms with Gasteiger partial charge in [-0.2, -0.15) is 11.8 Å². The molecule has 0 amide bonds. The third kappa shape index (κ3) is 3.89. The number of aliphatic imine (C=N–C) groups is 1. The number of nitrogens with one attached hydrogen (secondary N) is 1. The maximum atomic E-state index is 4.36. The first-order valence-electron chi connectivity index (χ1n) is 4.81. The van der Waals surface area contributed by atoms with Gasteiger partial charge in [-0.1, -0.05) is 13.8 Å². The van der Waals surface area contributed by atoms with Crippen molar-refractivity contribution in [2.75, 3.05) is 32.4 Å². The van der Waals surface area contributed by atoms with Gasteiger partial charge in [0, 0.05) is 25.9 Å². The van der Waals surface area contributed by atoms with Crippen LogP contribution in [0.5, 0.6) is 0 Å². The van der Waals surface area contributed by atoms with Crippen molar-refractivity contribution in [2.24, 2.45) is 4.99 Å². The minimum absolute atomic E-state index is 0.727. The molecule has 3 nitrogen and oxygen atoms in total. The molecule has 0 aliphatic carbocycles. The van der Waals surface area contributed by atoms with Gasteiger partial charge in [0.15, 0.2) is 5.96 Å². The Bertz CT molecular complexity index is 180. The van der Waals surface area contributed by atoms with Gasteiger partial charge in [0.05, 0.1) is 6.54 Å². The number of likely N-dealkylation sites (N-methyl/N-ethyl adjacent to an activating group) is 1. The van der Waals surface area contributed by atoms with Crippen molar-refractivity contribution in [3.8, 4) is 0 Å². The fourth-order valence-corrected chi connectivity index (χ4v) is 1.87. The summed E-state index contributed by atoms with van der Waals surface area (Å²) in [4.78, 5) is 6.52. The first kappa shape index (κ1) is 10.7. The van der Waals surface area contributed by atoms with Gasteiger partial charge < -0.3 is 10.2 Å². The van der Waals surface area contributed by atoms with E-state index in [0.29, 0.717) is 0 Å². The number of rotatable bonds is 4. The molecule has 76 valence electrons. The van der Waals surface area contributed by atoms with Crippen molar-refractivity contribution in [2.45, 2.75) is 19.1 Å². The van der Waals surface area contributed by atoms with E-state index in [2.05, 4.69) is 36.1 Å². The summed E-state index contributed by atoms with van der Waals surface area (Å²) in [6.07, 6.45) is 0. The van der Waals surface area contributed by atoms with Crippen LogP contribution < -0.4 is 5.32 Å². The maximum Gasteiger partial charge on any atom is 0.193 e. The molecule has 0 atom stereocenters. The SMILES string of the molecule is CC(C)SCCNC1=NCCN1C. The van der Waals surface area contributed by atoms with Gasteiger partial charge in [-0.25, -0.2) is 0 Å². The first-order chi connectivity index (χ1) is 6.20. The Morgan fingerprint density at radius 1 is 1.62 bits per heavy atom. The van der Waals surface area contributed by atoms with E-state index in [-0.39, 0.29) is 0 Å². The van der Waals surface area contributed by atoms with Crippen molar-refractivity contribution in [3.05, 3.63) is 0 Å². The van der Waals surface area contributed by atoms with Crippen LogP contribution >= 0.6 is 11.8 Å². The topological polar surface area (TPSA) is 27.6 Å². The fourth-order valence-electron chi connectivity index (χ4n) is 1.18. The smallest absolute Gasteiger partial charge is 0.193 e. The zero-order chi connectivity index (χ0) is 9.68. The van der Waals surface area contributed by atoms with Crippen molar-refractivity contribution < 1.29 is 0 Å². The Balaban J connectivity index is 2.06. The van der Waals surface area contributed by atoms with Crippen LogP contribution in [0.15, 0.2) is 4.99 Å². The molecule has 0 radical (unpaired) electrons. The average molecular weight is 201 g/mol. The summed E-state index contributed by atoms with van der Waals surface area (Å²) in [7, 11) is 2.08. The molecule has 1 heterocycles. The summed E-state index contributed by atoms with van der Waals surface area (Å²) >= 11 is 1.98. The predicted octanol–water partition coefficient (Wildman–Crippen LogP) is 1.02. The van der Waals surface area contributed by atoms with Crippen LogP contribution in [0.4, 0.5) is 0 Å². The van der Waals surface area contributed by atoms with Crippen LogP contribution in [0.3, 0.4) is 0 Å². The highest BCUT2D eigenvalue weighted by atomic mass is 32.2. The third-order valence-corrected chi connectivity index (χ3v) is 3.00. The second kappa shape index (κ2) is 5.37. The van der Waals surface area contributed by atoms with Gasteiger partial charge in [0.25, 0.3) is 0 Å². The zero-order valence-corrected chi connectivity index (χ0v) is 9.52. The summed E-state index contributed by atoms with van der Waals surface area (Å²) in [5.74, 6) is 2.22. The predicted molar refractivity (Wildman–Crippen MR) is 60.5 cm³/mol. The van der Waals surface area contributed by atoms with Gasteiger partial charge in [0.1, 0.15) is 0 Å². The molecule has 0 aromatic heterocycles. The quantitative estimate of drug-likeness (QED) is 0.688. The van der Waals surface area contributed by atoms with E-state index in [0.717, 1.165) is 36.6 Å². The molecule has 0 unspecified atom stereocenters. The van der Waals surface area contributed by atoms with Crippen LogP contribution in [0.1, 0.15) is 13.8 Å². The lowest BCUT2D eigenvalue weighted by Crippen LogP contribution is -2.36. The number of nitrogens with zero attached hydrogens (tertiary/aromatic N) is 2. The number of thioether (sulfide) groups is 1. The molecule has 0 saturated carbocycles. The summed E-state index contributed by atoms with van der Waals surface area (Å²) < 4.78 is 0. The Hall–Kier alpha value is -0.380. The van der Waals surface area contributed by atoms with Crippen LogP contribution in [0, 0.1) is 0 Å². The summed E-state index contributed by atoms with van der Waals surface area (Å²) in [6, 6.07) is 0.